The highest BCUT2D eigenvalue weighted by molar-refractivity contribution is 5.70. The molecule has 0 bridgehead atoms. The molecule has 13 nitrogen and oxygen atoms in total. The number of allylic oxidation sites excluding steroid dienone is 4. The van der Waals surface area contributed by atoms with Gasteiger partial charge in [0.2, 0.25) is 0 Å². The summed E-state index contributed by atoms with van der Waals surface area (Å²) in [6.07, 6.45) is 41.0. The fraction of sp³-hybridized carbons (Fsp3) is 0.863. The topological polar surface area (TPSA) is 165 Å². The minimum absolute atomic E-state index is 0.0138. The van der Waals surface area contributed by atoms with Crippen LogP contribution in [0, 0.1) is 5.92 Å². The van der Waals surface area contributed by atoms with Gasteiger partial charge in [0.05, 0.1) is 65.2 Å². The third-order valence-electron chi connectivity index (χ3n) is 10.7. The summed E-state index contributed by atoms with van der Waals surface area (Å²) in [6, 6.07) is 0. The van der Waals surface area contributed by atoms with Crippen molar-refractivity contribution in [2.45, 2.75) is 200 Å². The number of azide groups is 1. The molecule has 0 unspecified atom stereocenters. The molecule has 0 aliphatic heterocycles. The molecule has 0 spiro atoms. The predicted molar refractivity (Wildman–Crippen MR) is 257 cm³/mol. The van der Waals surface area contributed by atoms with Crippen molar-refractivity contribution in [3.05, 3.63) is 34.7 Å². The monoisotopic (exact) mass is 908 g/mol. The van der Waals surface area contributed by atoms with E-state index < -0.39 is 11.9 Å². The summed E-state index contributed by atoms with van der Waals surface area (Å²) in [5, 5.41) is 3.39. The second-order valence-electron chi connectivity index (χ2n) is 16.7. The number of hydrogen-bond donors (Lipinski definition) is 0. The largest absolute Gasteiger partial charge is 0.465 e. The summed E-state index contributed by atoms with van der Waals surface area (Å²) in [5.41, 5.74) is 8.23. The number of nitrogens with zero attached hydrogens (tertiary/aromatic N) is 3. The lowest BCUT2D eigenvalue weighted by molar-refractivity contribution is -0.154. The van der Waals surface area contributed by atoms with Crippen LogP contribution in [0.2, 0.25) is 0 Å². The van der Waals surface area contributed by atoms with Gasteiger partial charge < -0.3 is 33.2 Å². The maximum Gasteiger partial charge on any atom is 0.308 e. The van der Waals surface area contributed by atoms with Crippen molar-refractivity contribution in [2.24, 2.45) is 11.0 Å². The Morgan fingerprint density at radius 3 is 1.11 bits per heavy atom. The summed E-state index contributed by atoms with van der Waals surface area (Å²) < 4.78 is 38.2. The molecule has 0 rings (SSSR count). The second-order valence-corrected chi connectivity index (χ2v) is 16.7. The van der Waals surface area contributed by atoms with Crippen molar-refractivity contribution in [1.82, 2.24) is 0 Å². The van der Waals surface area contributed by atoms with Crippen molar-refractivity contribution in [3.63, 3.8) is 0 Å². The lowest BCUT2D eigenvalue weighted by Crippen LogP contribution is -2.26. The van der Waals surface area contributed by atoms with E-state index in [-0.39, 0.29) is 44.8 Å². The molecule has 0 aromatic rings. The van der Waals surface area contributed by atoms with Crippen LogP contribution in [0.4, 0.5) is 0 Å². The number of esters is 3. The van der Waals surface area contributed by atoms with Crippen LogP contribution >= 0.6 is 0 Å². The van der Waals surface area contributed by atoms with E-state index >= 15 is 0 Å². The van der Waals surface area contributed by atoms with Gasteiger partial charge in [-0.05, 0) is 69.7 Å². The Hall–Kier alpha value is -2.96. The third kappa shape index (κ3) is 50.0. The van der Waals surface area contributed by atoms with Crippen LogP contribution in [0.3, 0.4) is 0 Å². The molecule has 0 N–H and O–H groups in total. The number of carbonyl (C=O) groups excluding carboxylic acids is 3. The first kappa shape index (κ1) is 61.0. The minimum atomic E-state index is -0.458. The summed E-state index contributed by atoms with van der Waals surface area (Å²) in [4.78, 5) is 40.3. The van der Waals surface area contributed by atoms with Gasteiger partial charge in [-0.25, -0.2) is 0 Å². The summed E-state index contributed by atoms with van der Waals surface area (Å²) >= 11 is 0. The number of carbonyl (C=O) groups is 3. The highest BCUT2D eigenvalue weighted by Gasteiger charge is 2.18. The molecule has 0 saturated heterocycles. The standard InChI is InChI=1S/C51H93N3O10/c1-3-5-7-9-11-13-15-17-19-21-23-25-27-29-31-33-49(55)62-45-48(46-63-50(56)34-32-30-28-26-24-22-20-18-16-14-12-10-8-6-4-2)47-64-51(57)35-37-58-39-41-60-43-44-61-42-40-59-38-36-53-54-52/h17-20,48H,3-16,21-47H2,1-2H3/b19-17-,20-18-. The quantitative estimate of drug-likeness (QED) is 0.0109. The Labute approximate surface area is 389 Å². The molecule has 0 saturated carbocycles. The van der Waals surface area contributed by atoms with Crippen LogP contribution in [0.25, 0.3) is 10.4 Å². The Morgan fingerprint density at radius 2 is 0.734 bits per heavy atom. The summed E-state index contributed by atoms with van der Waals surface area (Å²) in [5.74, 6) is -1.48. The first-order valence-corrected chi connectivity index (χ1v) is 25.6. The summed E-state index contributed by atoms with van der Waals surface area (Å²) in [6.45, 7) is 7.64. The molecule has 0 aromatic carbocycles. The molecule has 0 amide bonds. The van der Waals surface area contributed by atoms with E-state index in [1.165, 1.54) is 103 Å². The normalized spacial score (nSPS) is 11.5. The van der Waals surface area contributed by atoms with Gasteiger partial charge >= 0.3 is 17.9 Å². The number of rotatable bonds is 51. The van der Waals surface area contributed by atoms with E-state index in [1.807, 2.05) is 0 Å². The van der Waals surface area contributed by atoms with Crippen LogP contribution in [-0.4, -0.2) is 97.1 Å². The molecule has 13 heteroatoms. The van der Waals surface area contributed by atoms with Gasteiger partial charge in [-0.15, -0.1) is 0 Å². The number of ether oxygens (including phenoxy) is 7. The SMILES string of the molecule is CCCCCCCC/C=C\CCCCCCCC(=O)OCC(COC(=O)CCCCCCC/C=C\CCCCCCCC)COC(=O)CCOCCOCCOCCOCCN=[N+]=[N-]. The van der Waals surface area contributed by atoms with Gasteiger partial charge in [-0.3, -0.25) is 14.4 Å². The maximum atomic E-state index is 12.6. The van der Waals surface area contributed by atoms with Crippen LogP contribution in [-0.2, 0) is 47.5 Å². The zero-order valence-corrected chi connectivity index (χ0v) is 40.8. The number of unbranched alkanes of at least 4 members (excludes halogenated alkanes) is 22. The zero-order valence-electron chi connectivity index (χ0n) is 40.8. The van der Waals surface area contributed by atoms with Crippen LogP contribution in [0.15, 0.2) is 29.4 Å². The van der Waals surface area contributed by atoms with Crippen LogP contribution in [0.1, 0.15) is 200 Å². The fourth-order valence-electron chi connectivity index (χ4n) is 6.74. The Bertz CT molecular complexity index is 1090. The molecule has 0 heterocycles. The first-order valence-electron chi connectivity index (χ1n) is 25.6. The maximum absolute atomic E-state index is 12.6. The molecule has 0 radical (unpaired) electrons. The molecule has 0 fully saturated rings. The molecular weight excluding hydrogens is 815 g/mol. The first-order chi connectivity index (χ1) is 31.5. The van der Waals surface area contributed by atoms with Crippen molar-refractivity contribution in [1.29, 1.82) is 0 Å². The summed E-state index contributed by atoms with van der Waals surface area (Å²) in [7, 11) is 0. The fourth-order valence-corrected chi connectivity index (χ4v) is 6.74. The second kappa shape index (κ2) is 52.7. The Kier molecular flexibility index (Phi) is 50.2. The Balaban J connectivity index is 4.36. The molecule has 0 aliphatic carbocycles. The number of hydrogen-bond acceptors (Lipinski definition) is 11. The van der Waals surface area contributed by atoms with E-state index in [4.69, 9.17) is 38.7 Å². The van der Waals surface area contributed by atoms with Crippen molar-refractivity contribution in [2.75, 3.05) is 79.2 Å². The molecule has 0 aliphatic rings. The van der Waals surface area contributed by atoms with Crippen molar-refractivity contribution >= 4 is 17.9 Å². The zero-order chi connectivity index (χ0) is 46.5. The Morgan fingerprint density at radius 1 is 0.422 bits per heavy atom. The molecule has 0 aromatic heterocycles. The van der Waals surface area contributed by atoms with E-state index in [1.54, 1.807) is 0 Å². The molecule has 372 valence electrons. The van der Waals surface area contributed by atoms with E-state index in [2.05, 4.69) is 48.2 Å². The van der Waals surface area contributed by atoms with E-state index in [0.29, 0.717) is 65.6 Å². The van der Waals surface area contributed by atoms with Gasteiger partial charge in [0.25, 0.3) is 0 Å². The molecule has 0 atom stereocenters. The predicted octanol–water partition coefficient (Wildman–Crippen LogP) is 13.1. The average Bonchev–Trinajstić information content (AvgIpc) is 3.29. The van der Waals surface area contributed by atoms with Gasteiger partial charge in [0.1, 0.15) is 19.8 Å². The van der Waals surface area contributed by atoms with Gasteiger partial charge in [-0.2, -0.15) is 0 Å². The lowest BCUT2D eigenvalue weighted by atomic mass is 10.1. The lowest BCUT2D eigenvalue weighted by Gasteiger charge is -2.17. The minimum Gasteiger partial charge on any atom is -0.465 e. The smallest absolute Gasteiger partial charge is 0.308 e. The van der Waals surface area contributed by atoms with Crippen molar-refractivity contribution < 1.29 is 47.5 Å². The molecular formula is C51H93N3O10. The van der Waals surface area contributed by atoms with Crippen molar-refractivity contribution in [3.8, 4) is 0 Å². The average molecular weight is 908 g/mol. The highest BCUT2D eigenvalue weighted by atomic mass is 16.6. The van der Waals surface area contributed by atoms with Crippen LogP contribution < -0.4 is 0 Å². The van der Waals surface area contributed by atoms with Gasteiger partial charge in [0.15, 0.2) is 0 Å². The van der Waals surface area contributed by atoms with E-state index in [0.717, 1.165) is 64.2 Å². The molecule has 64 heavy (non-hydrogen) atoms. The van der Waals surface area contributed by atoms with Crippen LogP contribution in [0.5, 0.6) is 0 Å². The van der Waals surface area contributed by atoms with Gasteiger partial charge in [-0.1, -0.05) is 146 Å². The van der Waals surface area contributed by atoms with Gasteiger partial charge in [0, 0.05) is 24.3 Å². The third-order valence-corrected chi connectivity index (χ3v) is 10.7. The highest BCUT2D eigenvalue weighted by Crippen LogP contribution is 2.13. The van der Waals surface area contributed by atoms with E-state index in [9.17, 15) is 14.4 Å².